The highest BCUT2D eigenvalue weighted by atomic mass is 19.2. The highest BCUT2D eigenvalue weighted by Crippen LogP contribution is 2.25. The molecule has 0 radical (unpaired) electrons. The summed E-state index contributed by atoms with van der Waals surface area (Å²) in [5.74, 6) is -3.85. The van der Waals surface area contributed by atoms with E-state index in [1.807, 2.05) is 0 Å². The minimum atomic E-state index is -1.33. The number of rotatable bonds is 5. The molecule has 0 saturated heterocycles. The number of hydrogen-bond acceptors (Lipinski definition) is 2. The summed E-state index contributed by atoms with van der Waals surface area (Å²) in [6.45, 7) is 0. The standard InChI is InChI=1S/C22H15F2NO3/c23-18-11-5-10-17(20(18)24)16-9-4-6-14(12-16)13-19(22(27)28)25-21(26)15-7-2-1-3-8-15/h1-13H,(H,25,26)(H,27,28)/b19-13+. The van der Waals surface area contributed by atoms with E-state index in [2.05, 4.69) is 5.32 Å². The molecule has 0 atom stereocenters. The summed E-state index contributed by atoms with van der Waals surface area (Å²) >= 11 is 0. The van der Waals surface area contributed by atoms with Crippen LogP contribution in [0.5, 0.6) is 0 Å². The average molecular weight is 379 g/mol. The Morgan fingerprint density at radius 1 is 0.893 bits per heavy atom. The van der Waals surface area contributed by atoms with Crippen LogP contribution < -0.4 is 5.32 Å². The molecule has 3 aromatic rings. The Hall–Kier alpha value is -3.80. The van der Waals surface area contributed by atoms with E-state index in [1.54, 1.807) is 48.5 Å². The molecular formula is C22H15F2NO3. The van der Waals surface area contributed by atoms with E-state index in [4.69, 9.17) is 0 Å². The van der Waals surface area contributed by atoms with E-state index in [0.29, 0.717) is 16.7 Å². The summed E-state index contributed by atoms with van der Waals surface area (Å²) in [6.07, 6.45) is 1.25. The Labute approximate surface area is 159 Å². The summed E-state index contributed by atoms with van der Waals surface area (Å²) in [6, 6.07) is 18.3. The smallest absolute Gasteiger partial charge is 0.352 e. The van der Waals surface area contributed by atoms with Gasteiger partial charge in [-0.2, -0.15) is 0 Å². The summed E-state index contributed by atoms with van der Waals surface area (Å²) in [5, 5.41) is 11.8. The van der Waals surface area contributed by atoms with Crippen LogP contribution in [0.3, 0.4) is 0 Å². The second-order valence-electron chi connectivity index (χ2n) is 5.91. The predicted octanol–water partition coefficient (Wildman–Crippen LogP) is 4.49. The van der Waals surface area contributed by atoms with Crippen LogP contribution in [0.25, 0.3) is 17.2 Å². The molecule has 3 aromatic carbocycles. The van der Waals surface area contributed by atoms with Crippen molar-refractivity contribution in [2.24, 2.45) is 0 Å². The van der Waals surface area contributed by atoms with Crippen LogP contribution in [0.15, 0.2) is 78.5 Å². The SMILES string of the molecule is O=C(O)/C(=C\c1cccc(-c2cccc(F)c2F)c1)NC(=O)c1ccccc1. The lowest BCUT2D eigenvalue weighted by molar-refractivity contribution is -0.132. The molecule has 0 spiro atoms. The van der Waals surface area contributed by atoms with Crippen LogP contribution in [-0.2, 0) is 4.79 Å². The van der Waals surface area contributed by atoms with Crippen molar-refractivity contribution in [3.05, 3.63) is 101 Å². The summed E-state index contributed by atoms with van der Waals surface area (Å²) in [7, 11) is 0. The van der Waals surface area contributed by atoms with Crippen LogP contribution in [0.1, 0.15) is 15.9 Å². The molecule has 0 unspecified atom stereocenters. The van der Waals surface area contributed by atoms with Crippen molar-refractivity contribution < 1.29 is 23.5 Å². The Bertz CT molecular complexity index is 1060. The molecule has 0 heterocycles. The minimum Gasteiger partial charge on any atom is -0.477 e. The van der Waals surface area contributed by atoms with E-state index in [9.17, 15) is 23.5 Å². The van der Waals surface area contributed by atoms with Crippen molar-refractivity contribution in [1.29, 1.82) is 0 Å². The topological polar surface area (TPSA) is 66.4 Å². The summed E-state index contributed by atoms with van der Waals surface area (Å²) in [4.78, 5) is 23.7. The number of aliphatic carboxylic acids is 1. The van der Waals surface area contributed by atoms with Gasteiger partial charge in [0.2, 0.25) is 0 Å². The maximum absolute atomic E-state index is 14.0. The van der Waals surface area contributed by atoms with Gasteiger partial charge in [0.25, 0.3) is 5.91 Å². The lowest BCUT2D eigenvalue weighted by Gasteiger charge is -2.08. The molecule has 3 rings (SSSR count). The van der Waals surface area contributed by atoms with E-state index in [1.165, 1.54) is 24.3 Å². The monoisotopic (exact) mass is 379 g/mol. The second kappa shape index (κ2) is 8.26. The minimum absolute atomic E-state index is 0.0560. The van der Waals surface area contributed by atoms with Gasteiger partial charge in [-0.3, -0.25) is 4.79 Å². The lowest BCUT2D eigenvalue weighted by atomic mass is 10.0. The lowest BCUT2D eigenvalue weighted by Crippen LogP contribution is -2.27. The van der Waals surface area contributed by atoms with Crippen molar-refractivity contribution in [3.8, 4) is 11.1 Å². The zero-order chi connectivity index (χ0) is 20.1. The highest BCUT2D eigenvalue weighted by molar-refractivity contribution is 6.02. The molecule has 1 amide bonds. The highest BCUT2D eigenvalue weighted by Gasteiger charge is 2.14. The van der Waals surface area contributed by atoms with Gasteiger partial charge in [-0.1, -0.05) is 48.5 Å². The Morgan fingerprint density at radius 3 is 2.32 bits per heavy atom. The zero-order valence-corrected chi connectivity index (χ0v) is 14.5. The molecule has 2 N–H and O–H groups in total. The first-order valence-electron chi connectivity index (χ1n) is 8.31. The fourth-order valence-electron chi connectivity index (χ4n) is 2.62. The molecule has 0 fully saturated rings. The number of carbonyl (C=O) groups excluding carboxylic acids is 1. The van der Waals surface area contributed by atoms with Crippen molar-refractivity contribution in [2.45, 2.75) is 0 Å². The predicted molar refractivity (Wildman–Crippen MR) is 101 cm³/mol. The van der Waals surface area contributed by atoms with Gasteiger partial charge in [-0.15, -0.1) is 0 Å². The first kappa shape index (κ1) is 19.0. The van der Waals surface area contributed by atoms with Crippen LogP contribution in [0.4, 0.5) is 8.78 Å². The molecule has 28 heavy (non-hydrogen) atoms. The van der Waals surface area contributed by atoms with Gasteiger partial charge >= 0.3 is 5.97 Å². The third-order valence-corrected chi connectivity index (χ3v) is 3.97. The van der Waals surface area contributed by atoms with E-state index in [-0.39, 0.29) is 11.3 Å². The van der Waals surface area contributed by atoms with Gasteiger partial charge in [0.1, 0.15) is 5.70 Å². The maximum atomic E-state index is 14.0. The molecule has 0 aliphatic rings. The van der Waals surface area contributed by atoms with Gasteiger partial charge in [0, 0.05) is 11.1 Å². The van der Waals surface area contributed by atoms with Crippen molar-refractivity contribution in [1.82, 2.24) is 5.32 Å². The molecule has 0 saturated carbocycles. The average Bonchev–Trinajstić information content (AvgIpc) is 2.70. The summed E-state index contributed by atoms with van der Waals surface area (Å²) in [5.41, 5.74) is 0.813. The van der Waals surface area contributed by atoms with Crippen molar-refractivity contribution in [2.75, 3.05) is 0 Å². The van der Waals surface area contributed by atoms with Crippen molar-refractivity contribution in [3.63, 3.8) is 0 Å². The van der Waals surface area contributed by atoms with Crippen LogP contribution >= 0.6 is 0 Å². The molecule has 4 nitrogen and oxygen atoms in total. The number of carboxylic acid groups (broad SMARTS) is 1. The first-order valence-corrected chi connectivity index (χ1v) is 8.31. The number of nitrogens with one attached hydrogen (secondary N) is 1. The van der Waals surface area contributed by atoms with Gasteiger partial charge in [-0.25, -0.2) is 13.6 Å². The number of halogens is 2. The van der Waals surface area contributed by atoms with Crippen LogP contribution in [0, 0.1) is 11.6 Å². The number of carboxylic acids is 1. The Morgan fingerprint density at radius 2 is 1.61 bits per heavy atom. The van der Waals surface area contributed by atoms with Crippen LogP contribution in [0.2, 0.25) is 0 Å². The molecule has 0 aromatic heterocycles. The van der Waals surface area contributed by atoms with Crippen molar-refractivity contribution >= 4 is 18.0 Å². The van der Waals surface area contributed by atoms with E-state index in [0.717, 1.165) is 6.07 Å². The second-order valence-corrected chi connectivity index (χ2v) is 5.91. The van der Waals surface area contributed by atoms with E-state index < -0.39 is 23.5 Å². The van der Waals surface area contributed by atoms with Crippen LogP contribution in [-0.4, -0.2) is 17.0 Å². The number of hydrogen-bond donors (Lipinski definition) is 2. The third kappa shape index (κ3) is 4.29. The molecular weight excluding hydrogens is 364 g/mol. The summed E-state index contributed by atoms with van der Waals surface area (Å²) < 4.78 is 27.5. The number of benzene rings is 3. The molecule has 6 heteroatoms. The number of carbonyl (C=O) groups is 2. The van der Waals surface area contributed by atoms with E-state index >= 15 is 0 Å². The van der Waals surface area contributed by atoms with Gasteiger partial charge in [-0.05, 0) is 41.5 Å². The fraction of sp³-hybridized carbons (Fsp3) is 0. The van der Waals surface area contributed by atoms with Gasteiger partial charge in [0.05, 0.1) is 0 Å². The normalized spacial score (nSPS) is 11.1. The molecule has 0 bridgehead atoms. The Balaban J connectivity index is 1.92. The maximum Gasteiger partial charge on any atom is 0.352 e. The molecule has 140 valence electrons. The molecule has 0 aliphatic carbocycles. The quantitative estimate of drug-likeness (QED) is 0.642. The zero-order valence-electron chi connectivity index (χ0n) is 14.5. The fourth-order valence-corrected chi connectivity index (χ4v) is 2.62. The largest absolute Gasteiger partial charge is 0.477 e. The third-order valence-electron chi connectivity index (χ3n) is 3.97. The molecule has 0 aliphatic heterocycles. The first-order chi connectivity index (χ1) is 13.5. The van der Waals surface area contributed by atoms with Gasteiger partial charge < -0.3 is 10.4 Å². The Kier molecular flexibility index (Phi) is 5.60. The number of amides is 1. The van der Waals surface area contributed by atoms with Gasteiger partial charge in [0.15, 0.2) is 11.6 Å².